The largest absolute Gasteiger partial charge is 0.340 e. The van der Waals surface area contributed by atoms with Gasteiger partial charge in [-0.15, -0.1) is 11.3 Å². The molecule has 4 nitrogen and oxygen atoms in total. The van der Waals surface area contributed by atoms with E-state index in [0.717, 1.165) is 65.2 Å². The summed E-state index contributed by atoms with van der Waals surface area (Å²) in [6.07, 6.45) is 6.42. The number of nitrogens with zero attached hydrogens (tertiary/aromatic N) is 3. The Kier molecular flexibility index (Phi) is 7.14. The second-order valence-electron chi connectivity index (χ2n) is 8.07. The van der Waals surface area contributed by atoms with Crippen molar-refractivity contribution in [1.82, 2.24) is 14.7 Å². The third kappa shape index (κ3) is 5.78. The fraction of sp³-hybridized carbons (Fsp3) is 0.458. The van der Waals surface area contributed by atoms with Crippen molar-refractivity contribution in [3.63, 3.8) is 0 Å². The molecule has 4 rings (SSSR count). The first-order valence-corrected chi connectivity index (χ1v) is 11.6. The Morgan fingerprint density at radius 1 is 0.931 bits per heavy atom. The molecule has 0 unspecified atom stereocenters. The minimum Gasteiger partial charge on any atom is -0.340 e. The van der Waals surface area contributed by atoms with E-state index in [0.29, 0.717) is 5.91 Å². The number of benzene rings is 1. The van der Waals surface area contributed by atoms with Gasteiger partial charge in [0.1, 0.15) is 0 Å². The number of piperidine rings is 1. The summed E-state index contributed by atoms with van der Waals surface area (Å²) in [5.41, 5.74) is 1.24. The number of hydrogen-bond donors (Lipinski definition) is 0. The number of carbonyl (C=O) groups excluding carboxylic acids is 1. The second-order valence-corrected chi connectivity index (χ2v) is 9.10. The minimum atomic E-state index is 0.221. The number of likely N-dealkylation sites (tertiary alicyclic amines) is 1. The average Bonchev–Trinajstić information content (AvgIpc) is 3.28. The van der Waals surface area contributed by atoms with Gasteiger partial charge in [0.25, 0.3) is 0 Å². The molecule has 2 aliphatic rings. The summed E-state index contributed by atoms with van der Waals surface area (Å²) in [6, 6.07) is 14.7. The van der Waals surface area contributed by atoms with E-state index in [2.05, 4.69) is 68.6 Å². The number of carbonyl (C=O) groups is 1. The summed E-state index contributed by atoms with van der Waals surface area (Å²) in [7, 11) is 0. The fourth-order valence-electron chi connectivity index (χ4n) is 4.27. The zero-order valence-corrected chi connectivity index (χ0v) is 17.9. The number of thiophene rings is 1. The summed E-state index contributed by atoms with van der Waals surface area (Å²) >= 11 is 1.82. The summed E-state index contributed by atoms with van der Waals surface area (Å²) in [6.45, 7) is 7.76. The first kappa shape index (κ1) is 20.3. The van der Waals surface area contributed by atoms with Crippen LogP contribution in [0, 0.1) is 5.92 Å². The maximum Gasteiger partial charge on any atom is 0.225 e. The molecule has 2 fully saturated rings. The van der Waals surface area contributed by atoms with Crippen LogP contribution in [0.2, 0.25) is 0 Å². The molecule has 1 aromatic heterocycles. The highest BCUT2D eigenvalue weighted by Crippen LogP contribution is 2.23. The molecule has 0 N–H and O–H groups in total. The quantitative estimate of drug-likeness (QED) is 0.726. The van der Waals surface area contributed by atoms with Gasteiger partial charge in [0.2, 0.25) is 5.91 Å². The molecule has 154 valence electrons. The number of piperazine rings is 1. The van der Waals surface area contributed by atoms with Gasteiger partial charge < -0.3 is 4.90 Å². The van der Waals surface area contributed by atoms with E-state index in [1.165, 1.54) is 10.4 Å². The summed E-state index contributed by atoms with van der Waals surface area (Å²) in [5.74, 6) is 0.611. The predicted octanol–water partition coefficient (Wildman–Crippen LogP) is 3.82. The van der Waals surface area contributed by atoms with Crippen LogP contribution < -0.4 is 0 Å². The van der Waals surface area contributed by atoms with E-state index in [1.807, 2.05) is 17.4 Å². The standard InChI is InChI=1S/C24H31N3OS/c28-24(22-10-13-26(14-11-22)20-23-9-5-19-29-23)27-17-15-25(16-18-27)12-4-8-21-6-2-1-3-7-21/h1-9,19,22H,10-18,20H2/b8-4+. The Labute approximate surface area is 178 Å². The summed E-state index contributed by atoms with van der Waals surface area (Å²) < 4.78 is 0. The van der Waals surface area contributed by atoms with Crippen LogP contribution in [0.4, 0.5) is 0 Å². The normalized spacial score (nSPS) is 19.8. The highest BCUT2D eigenvalue weighted by Gasteiger charge is 2.30. The molecule has 2 aromatic rings. The molecule has 5 heteroatoms. The molecule has 0 bridgehead atoms. The first-order valence-electron chi connectivity index (χ1n) is 10.8. The molecule has 3 heterocycles. The lowest BCUT2D eigenvalue weighted by atomic mass is 9.95. The van der Waals surface area contributed by atoms with Crippen molar-refractivity contribution in [2.75, 3.05) is 45.8 Å². The average molecular weight is 410 g/mol. The molecular formula is C24H31N3OS. The van der Waals surface area contributed by atoms with Gasteiger partial charge in [0.05, 0.1) is 0 Å². The molecular weight excluding hydrogens is 378 g/mol. The molecule has 0 spiro atoms. The van der Waals surface area contributed by atoms with Gasteiger partial charge in [0.15, 0.2) is 0 Å². The van der Waals surface area contributed by atoms with E-state index < -0.39 is 0 Å². The van der Waals surface area contributed by atoms with Crippen LogP contribution in [0.1, 0.15) is 23.3 Å². The van der Waals surface area contributed by atoms with Crippen molar-refractivity contribution in [3.8, 4) is 0 Å². The number of rotatable bonds is 6. The van der Waals surface area contributed by atoms with Gasteiger partial charge in [-0.05, 0) is 42.9 Å². The van der Waals surface area contributed by atoms with Crippen LogP contribution in [0.3, 0.4) is 0 Å². The van der Waals surface area contributed by atoms with E-state index >= 15 is 0 Å². The second kappa shape index (κ2) is 10.2. The number of amides is 1. The predicted molar refractivity (Wildman–Crippen MR) is 121 cm³/mol. The van der Waals surface area contributed by atoms with Gasteiger partial charge in [0, 0.05) is 50.1 Å². The van der Waals surface area contributed by atoms with Crippen molar-refractivity contribution in [2.24, 2.45) is 5.92 Å². The van der Waals surface area contributed by atoms with Crippen molar-refractivity contribution >= 4 is 23.3 Å². The van der Waals surface area contributed by atoms with Gasteiger partial charge in [-0.25, -0.2) is 0 Å². The Balaban J connectivity index is 1.17. The molecule has 29 heavy (non-hydrogen) atoms. The molecule has 1 amide bonds. The zero-order chi connectivity index (χ0) is 19.9. The van der Waals surface area contributed by atoms with Crippen molar-refractivity contribution in [3.05, 3.63) is 64.4 Å². The van der Waals surface area contributed by atoms with Gasteiger partial charge in [-0.3, -0.25) is 14.6 Å². The molecule has 1 aromatic carbocycles. The lowest BCUT2D eigenvalue weighted by Crippen LogP contribution is -2.51. The van der Waals surface area contributed by atoms with Crippen molar-refractivity contribution < 1.29 is 4.79 Å². The fourth-order valence-corrected chi connectivity index (χ4v) is 5.02. The third-order valence-corrected chi connectivity index (χ3v) is 6.91. The zero-order valence-electron chi connectivity index (χ0n) is 17.1. The van der Waals surface area contributed by atoms with Crippen LogP contribution in [0.15, 0.2) is 53.9 Å². The third-order valence-electron chi connectivity index (χ3n) is 6.05. The van der Waals surface area contributed by atoms with Crippen LogP contribution >= 0.6 is 11.3 Å². The molecule has 2 saturated heterocycles. The van der Waals surface area contributed by atoms with E-state index in [9.17, 15) is 4.79 Å². The molecule has 0 aliphatic carbocycles. The smallest absolute Gasteiger partial charge is 0.225 e. The minimum absolute atomic E-state index is 0.221. The maximum absolute atomic E-state index is 13.0. The van der Waals surface area contributed by atoms with Gasteiger partial charge in [-0.1, -0.05) is 48.6 Å². The van der Waals surface area contributed by atoms with Crippen LogP contribution in [0.5, 0.6) is 0 Å². The lowest BCUT2D eigenvalue weighted by Gasteiger charge is -2.38. The highest BCUT2D eigenvalue weighted by molar-refractivity contribution is 7.09. The van der Waals surface area contributed by atoms with E-state index in [4.69, 9.17) is 0 Å². The topological polar surface area (TPSA) is 26.8 Å². The van der Waals surface area contributed by atoms with Crippen molar-refractivity contribution in [2.45, 2.75) is 19.4 Å². The van der Waals surface area contributed by atoms with E-state index in [1.54, 1.807) is 0 Å². The Hall–Kier alpha value is -1.95. The van der Waals surface area contributed by atoms with Gasteiger partial charge in [-0.2, -0.15) is 0 Å². The monoisotopic (exact) mass is 409 g/mol. The number of hydrogen-bond acceptors (Lipinski definition) is 4. The Morgan fingerprint density at radius 2 is 1.69 bits per heavy atom. The van der Waals surface area contributed by atoms with Crippen molar-refractivity contribution in [1.29, 1.82) is 0 Å². The summed E-state index contributed by atoms with van der Waals surface area (Å²) in [5, 5.41) is 2.14. The first-order chi connectivity index (χ1) is 14.3. The van der Waals surface area contributed by atoms with Crippen LogP contribution in [-0.2, 0) is 11.3 Å². The van der Waals surface area contributed by atoms with Crippen LogP contribution in [-0.4, -0.2) is 66.4 Å². The van der Waals surface area contributed by atoms with Gasteiger partial charge >= 0.3 is 0 Å². The summed E-state index contributed by atoms with van der Waals surface area (Å²) in [4.78, 5) is 21.4. The Morgan fingerprint density at radius 3 is 2.38 bits per heavy atom. The SMILES string of the molecule is O=C(C1CCN(Cc2cccs2)CC1)N1CCN(C/C=C/c2ccccc2)CC1. The Bertz CT molecular complexity index is 774. The maximum atomic E-state index is 13.0. The molecule has 0 saturated carbocycles. The van der Waals surface area contributed by atoms with Crippen LogP contribution in [0.25, 0.3) is 6.08 Å². The lowest BCUT2D eigenvalue weighted by molar-refractivity contribution is -0.138. The molecule has 2 aliphatic heterocycles. The highest BCUT2D eigenvalue weighted by atomic mass is 32.1. The molecule has 0 radical (unpaired) electrons. The molecule has 0 atom stereocenters. The van der Waals surface area contributed by atoms with E-state index in [-0.39, 0.29) is 5.92 Å².